The normalized spacial score (nSPS) is 53.0. The molecule has 6 atom stereocenters. The molecule has 4 rings (SSSR count). The Morgan fingerprint density at radius 2 is 1.71 bits per heavy atom. The van der Waals surface area contributed by atoms with Gasteiger partial charge in [-0.05, 0) is 67.6 Å². The van der Waals surface area contributed by atoms with Crippen LogP contribution in [0.5, 0.6) is 0 Å². The molecule has 0 aromatic rings. The zero-order valence-electron chi connectivity index (χ0n) is 13.5. The predicted molar refractivity (Wildman–Crippen MR) is 81.7 cm³/mol. The van der Waals surface area contributed by atoms with Crippen molar-refractivity contribution < 1.29 is 9.59 Å². The lowest BCUT2D eigenvalue weighted by Crippen LogP contribution is -2.53. The van der Waals surface area contributed by atoms with E-state index >= 15 is 0 Å². The van der Waals surface area contributed by atoms with E-state index in [2.05, 4.69) is 13.8 Å². The zero-order chi connectivity index (χ0) is 14.8. The molecule has 21 heavy (non-hydrogen) atoms. The first-order chi connectivity index (χ1) is 9.95. The molecular weight excluding hydrogens is 260 g/mol. The summed E-state index contributed by atoms with van der Waals surface area (Å²) in [4.78, 5) is 24.2. The van der Waals surface area contributed by atoms with Crippen LogP contribution in [0.15, 0.2) is 0 Å². The largest absolute Gasteiger partial charge is 0.300 e. The third-order valence-electron chi connectivity index (χ3n) is 8.19. The first kappa shape index (κ1) is 14.0. The van der Waals surface area contributed by atoms with Gasteiger partial charge in [0.1, 0.15) is 11.6 Å². The van der Waals surface area contributed by atoms with Gasteiger partial charge in [0.15, 0.2) is 0 Å². The zero-order valence-corrected chi connectivity index (χ0v) is 13.5. The van der Waals surface area contributed by atoms with E-state index < -0.39 is 0 Å². The predicted octanol–water partition coefficient (Wildman–Crippen LogP) is 4.17. The maximum atomic E-state index is 12.4. The summed E-state index contributed by atoms with van der Waals surface area (Å²) < 4.78 is 0. The number of fused-ring (bicyclic) bond motifs is 5. The van der Waals surface area contributed by atoms with E-state index in [1.165, 1.54) is 19.3 Å². The van der Waals surface area contributed by atoms with Crippen molar-refractivity contribution in [3.05, 3.63) is 0 Å². The van der Waals surface area contributed by atoms with Crippen molar-refractivity contribution in [3.8, 4) is 0 Å². The quantitative estimate of drug-likeness (QED) is 0.670. The van der Waals surface area contributed by atoms with Crippen LogP contribution in [0.2, 0.25) is 0 Å². The SMILES string of the molecule is C[C@@]12CCC(=O)C[C@@H]1CC[C@H]1[C@H]3CCC(=O)[C@]3(C)CC[C@@H]12. The van der Waals surface area contributed by atoms with Crippen LogP contribution < -0.4 is 0 Å². The molecule has 0 bridgehead atoms. The fraction of sp³-hybridized carbons (Fsp3) is 0.895. The summed E-state index contributed by atoms with van der Waals surface area (Å²) in [6.07, 6.45) is 9.53. The van der Waals surface area contributed by atoms with E-state index in [4.69, 9.17) is 0 Å². The summed E-state index contributed by atoms with van der Waals surface area (Å²) in [5.74, 6) is 3.82. The molecule has 0 N–H and O–H groups in total. The Morgan fingerprint density at radius 3 is 2.52 bits per heavy atom. The van der Waals surface area contributed by atoms with E-state index in [0.717, 1.165) is 50.4 Å². The summed E-state index contributed by atoms with van der Waals surface area (Å²) in [5.41, 5.74) is 0.374. The van der Waals surface area contributed by atoms with E-state index in [0.29, 0.717) is 28.8 Å². The average molecular weight is 288 g/mol. The first-order valence-electron chi connectivity index (χ1n) is 9.00. The highest BCUT2D eigenvalue weighted by Crippen LogP contribution is 2.65. The van der Waals surface area contributed by atoms with Crippen LogP contribution in [-0.4, -0.2) is 11.6 Å². The third kappa shape index (κ3) is 1.77. The average Bonchev–Trinajstić information content (AvgIpc) is 2.76. The van der Waals surface area contributed by atoms with Gasteiger partial charge in [-0.15, -0.1) is 0 Å². The molecule has 0 heterocycles. The molecule has 4 aliphatic carbocycles. The highest BCUT2D eigenvalue weighted by Gasteiger charge is 2.60. The second-order valence-electron chi connectivity index (χ2n) is 8.82. The standard InChI is InChI=1S/C19H28O2/c1-18-9-7-13(20)11-12(18)3-4-14-15-5-6-17(21)19(15,2)10-8-16(14)18/h12,14-16H,3-11H2,1-2H3/t12-,14-,15+,16-,18+,19+/m0/s1. The third-order valence-corrected chi connectivity index (χ3v) is 8.19. The van der Waals surface area contributed by atoms with E-state index in [1.54, 1.807) is 0 Å². The molecule has 0 amide bonds. The minimum absolute atomic E-state index is 0.00511. The number of ketones is 2. The summed E-state index contributed by atoms with van der Waals surface area (Å²) in [6.45, 7) is 4.72. The van der Waals surface area contributed by atoms with Crippen LogP contribution in [-0.2, 0) is 9.59 Å². The van der Waals surface area contributed by atoms with Gasteiger partial charge in [-0.1, -0.05) is 13.8 Å². The van der Waals surface area contributed by atoms with E-state index in [-0.39, 0.29) is 5.41 Å². The summed E-state index contributed by atoms with van der Waals surface area (Å²) >= 11 is 0. The van der Waals surface area contributed by atoms with Gasteiger partial charge in [-0.3, -0.25) is 9.59 Å². The van der Waals surface area contributed by atoms with Crippen molar-refractivity contribution in [1.29, 1.82) is 0 Å². The van der Waals surface area contributed by atoms with Crippen LogP contribution in [0.3, 0.4) is 0 Å². The van der Waals surface area contributed by atoms with Gasteiger partial charge in [-0.25, -0.2) is 0 Å². The fourth-order valence-corrected chi connectivity index (χ4v) is 6.82. The Hall–Kier alpha value is -0.660. The number of rotatable bonds is 0. The lowest BCUT2D eigenvalue weighted by Gasteiger charge is -2.59. The second-order valence-corrected chi connectivity index (χ2v) is 8.82. The highest BCUT2D eigenvalue weighted by molar-refractivity contribution is 5.87. The van der Waals surface area contributed by atoms with E-state index in [1.807, 2.05) is 0 Å². The highest BCUT2D eigenvalue weighted by atomic mass is 16.1. The number of hydrogen-bond donors (Lipinski definition) is 0. The number of carbonyl (C=O) groups is 2. The molecule has 2 nitrogen and oxygen atoms in total. The second kappa shape index (κ2) is 4.43. The summed E-state index contributed by atoms with van der Waals surface area (Å²) in [7, 11) is 0. The van der Waals surface area contributed by atoms with Gasteiger partial charge >= 0.3 is 0 Å². The van der Waals surface area contributed by atoms with Crippen LogP contribution in [0.1, 0.15) is 71.6 Å². The molecule has 0 spiro atoms. The van der Waals surface area contributed by atoms with Crippen LogP contribution >= 0.6 is 0 Å². The number of hydrogen-bond acceptors (Lipinski definition) is 2. The molecule has 4 saturated carbocycles. The van der Waals surface area contributed by atoms with Gasteiger partial charge in [0.25, 0.3) is 0 Å². The van der Waals surface area contributed by atoms with Crippen LogP contribution in [0, 0.1) is 34.5 Å². The minimum Gasteiger partial charge on any atom is -0.300 e. The molecule has 0 saturated heterocycles. The molecule has 0 unspecified atom stereocenters. The number of carbonyl (C=O) groups excluding carboxylic acids is 2. The molecular formula is C19H28O2. The Kier molecular flexibility index (Phi) is 2.94. The van der Waals surface area contributed by atoms with Gasteiger partial charge in [-0.2, -0.15) is 0 Å². The van der Waals surface area contributed by atoms with Crippen molar-refractivity contribution in [3.63, 3.8) is 0 Å². The molecule has 2 heteroatoms. The van der Waals surface area contributed by atoms with Crippen molar-refractivity contribution in [2.24, 2.45) is 34.5 Å². The maximum Gasteiger partial charge on any atom is 0.139 e. The van der Waals surface area contributed by atoms with Gasteiger partial charge in [0.05, 0.1) is 0 Å². The minimum atomic E-state index is -0.00511. The van der Waals surface area contributed by atoms with Crippen molar-refractivity contribution in [2.45, 2.75) is 71.6 Å². The maximum absolute atomic E-state index is 12.4. The monoisotopic (exact) mass is 288 g/mol. The molecule has 0 aromatic heterocycles. The smallest absolute Gasteiger partial charge is 0.139 e. The van der Waals surface area contributed by atoms with Crippen LogP contribution in [0.25, 0.3) is 0 Å². The van der Waals surface area contributed by atoms with Crippen molar-refractivity contribution in [2.75, 3.05) is 0 Å². The Morgan fingerprint density at radius 1 is 0.905 bits per heavy atom. The molecule has 4 fully saturated rings. The lowest BCUT2D eigenvalue weighted by molar-refractivity contribution is -0.144. The van der Waals surface area contributed by atoms with Crippen LogP contribution in [0.4, 0.5) is 0 Å². The molecule has 4 aliphatic rings. The van der Waals surface area contributed by atoms with Gasteiger partial charge < -0.3 is 0 Å². The van der Waals surface area contributed by atoms with Gasteiger partial charge in [0, 0.05) is 24.7 Å². The topological polar surface area (TPSA) is 34.1 Å². The van der Waals surface area contributed by atoms with Gasteiger partial charge in [0.2, 0.25) is 0 Å². The first-order valence-corrected chi connectivity index (χ1v) is 9.00. The molecule has 0 aromatic carbocycles. The summed E-state index contributed by atoms with van der Waals surface area (Å²) in [6, 6.07) is 0. The Balaban J connectivity index is 1.65. The molecule has 0 aliphatic heterocycles. The lowest BCUT2D eigenvalue weighted by atomic mass is 9.45. The Labute approximate surface area is 128 Å². The Bertz CT molecular complexity index is 496. The van der Waals surface area contributed by atoms with Crippen molar-refractivity contribution in [1.82, 2.24) is 0 Å². The molecule has 116 valence electrons. The van der Waals surface area contributed by atoms with Crippen molar-refractivity contribution >= 4 is 11.6 Å². The fourth-order valence-electron chi connectivity index (χ4n) is 6.82. The van der Waals surface area contributed by atoms with E-state index in [9.17, 15) is 9.59 Å². The summed E-state index contributed by atoms with van der Waals surface area (Å²) in [5, 5.41) is 0. The molecule has 0 radical (unpaired) electrons. The number of Topliss-reactive ketones (excluding diaryl/α,β-unsaturated/α-hetero) is 2.